The summed E-state index contributed by atoms with van der Waals surface area (Å²) in [7, 11) is -3.51. The van der Waals surface area contributed by atoms with E-state index in [9.17, 15) is 22.7 Å². The SMILES string of the molecule is O=C(NNC1=CCS(=O)(=O)c2ccc(F)cc21)c1ccc(O)cc1. The number of aromatic hydroxyl groups is 1. The Kier molecular flexibility index (Phi) is 3.98. The number of hydrogen-bond donors (Lipinski definition) is 3. The normalized spacial score (nSPS) is 15.1. The van der Waals surface area contributed by atoms with Crippen LogP contribution in [-0.2, 0) is 9.84 Å². The van der Waals surface area contributed by atoms with Crippen molar-refractivity contribution in [2.75, 3.05) is 5.75 Å². The third kappa shape index (κ3) is 3.09. The number of hydrogen-bond acceptors (Lipinski definition) is 5. The first-order valence-corrected chi connectivity index (χ1v) is 8.60. The molecule has 0 atom stereocenters. The lowest BCUT2D eigenvalue weighted by Gasteiger charge is -2.19. The van der Waals surface area contributed by atoms with Gasteiger partial charge in [0.05, 0.1) is 16.3 Å². The molecule has 3 N–H and O–H groups in total. The zero-order valence-electron chi connectivity index (χ0n) is 12.3. The number of nitrogens with one attached hydrogen (secondary N) is 2. The molecule has 0 aromatic heterocycles. The lowest BCUT2D eigenvalue weighted by Crippen LogP contribution is -2.37. The third-order valence-electron chi connectivity index (χ3n) is 3.51. The van der Waals surface area contributed by atoms with Gasteiger partial charge in [0.15, 0.2) is 9.84 Å². The fraction of sp³-hybridized carbons (Fsp3) is 0.0625. The van der Waals surface area contributed by atoms with Crippen molar-refractivity contribution in [3.8, 4) is 5.75 Å². The summed E-state index contributed by atoms with van der Waals surface area (Å²) in [6.07, 6.45) is 1.37. The van der Waals surface area contributed by atoms with Crippen LogP contribution in [0.2, 0.25) is 0 Å². The number of amides is 1. The minimum absolute atomic E-state index is 0.00721. The van der Waals surface area contributed by atoms with Crippen molar-refractivity contribution in [3.63, 3.8) is 0 Å². The van der Waals surface area contributed by atoms with Crippen LogP contribution >= 0.6 is 0 Å². The molecule has 0 bridgehead atoms. The zero-order chi connectivity index (χ0) is 17.3. The highest BCUT2D eigenvalue weighted by Gasteiger charge is 2.25. The molecule has 0 radical (unpaired) electrons. The van der Waals surface area contributed by atoms with Gasteiger partial charge in [-0.1, -0.05) is 0 Å². The highest BCUT2D eigenvalue weighted by Crippen LogP contribution is 2.28. The van der Waals surface area contributed by atoms with Gasteiger partial charge >= 0.3 is 0 Å². The third-order valence-corrected chi connectivity index (χ3v) is 5.15. The maximum atomic E-state index is 13.5. The number of phenols is 1. The molecule has 124 valence electrons. The Bertz CT molecular complexity index is 937. The Balaban J connectivity index is 1.81. The van der Waals surface area contributed by atoms with Crippen molar-refractivity contribution >= 4 is 21.4 Å². The van der Waals surface area contributed by atoms with Crippen molar-refractivity contribution in [2.24, 2.45) is 0 Å². The number of halogens is 1. The summed E-state index contributed by atoms with van der Waals surface area (Å²) in [6.45, 7) is 0. The molecule has 1 aliphatic rings. The molecule has 1 aliphatic heterocycles. The number of carbonyl (C=O) groups is 1. The molecule has 1 heterocycles. The molecule has 3 rings (SSSR count). The molecule has 0 saturated heterocycles. The number of carbonyl (C=O) groups excluding carboxylic acids is 1. The van der Waals surface area contributed by atoms with Crippen LogP contribution in [0, 0.1) is 5.82 Å². The molecule has 0 aliphatic carbocycles. The number of hydrazine groups is 1. The number of fused-ring (bicyclic) bond motifs is 1. The standard InChI is InChI=1S/C16H13FN2O4S/c17-11-3-6-15-13(9-11)14(7-8-24(15,22)23)18-19-16(21)10-1-4-12(20)5-2-10/h1-7,9,18,20H,8H2,(H,19,21). The van der Waals surface area contributed by atoms with E-state index in [1.165, 1.54) is 36.4 Å². The van der Waals surface area contributed by atoms with Gasteiger partial charge in [-0.15, -0.1) is 0 Å². The first-order chi connectivity index (χ1) is 11.4. The second kappa shape index (κ2) is 5.97. The van der Waals surface area contributed by atoms with E-state index in [4.69, 9.17) is 0 Å². The second-order valence-corrected chi connectivity index (χ2v) is 7.17. The van der Waals surface area contributed by atoms with Gasteiger partial charge in [0.25, 0.3) is 5.91 Å². The van der Waals surface area contributed by atoms with E-state index in [1.54, 1.807) is 0 Å². The molecule has 6 nitrogen and oxygen atoms in total. The van der Waals surface area contributed by atoms with Crippen LogP contribution in [0.15, 0.2) is 53.4 Å². The van der Waals surface area contributed by atoms with Crippen LogP contribution in [0.25, 0.3) is 5.70 Å². The Morgan fingerprint density at radius 2 is 1.83 bits per heavy atom. The number of benzene rings is 2. The van der Waals surface area contributed by atoms with E-state index in [0.29, 0.717) is 11.3 Å². The number of sulfone groups is 1. The number of rotatable bonds is 3. The summed E-state index contributed by atoms with van der Waals surface area (Å²) in [6, 6.07) is 8.97. The highest BCUT2D eigenvalue weighted by molar-refractivity contribution is 7.91. The van der Waals surface area contributed by atoms with Crippen molar-refractivity contribution < 1.29 is 22.7 Å². The Morgan fingerprint density at radius 1 is 1.12 bits per heavy atom. The van der Waals surface area contributed by atoms with Crippen molar-refractivity contribution in [1.29, 1.82) is 0 Å². The molecule has 0 fully saturated rings. The van der Waals surface area contributed by atoms with E-state index in [0.717, 1.165) is 12.1 Å². The zero-order valence-corrected chi connectivity index (χ0v) is 13.1. The first-order valence-electron chi connectivity index (χ1n) is 6.95. The van der Waals surface area contributed by atoms with Crippen molar-refractivity contribution in [3.05, 3.63) is 65.5 Å². The Morgan fingerprint density at radius 3 is 2.54 bits per heavy atom. The summed E-state index contributed by atoms with van der Waals surface area (Å²) < 4.78 is 37.5. The highest BCUT2D eigenvalue weighted by atomic mass is 32.2. The Hall–Kier alpha value is -2.87. The lowest BCUT2D eigenvalue weighted by molar-refractivity contribution is 0.0942. The van der Waals surface area contributed by atoms with Crippen LogP contribution in [0.1, 0.15) is 15.9 Å². The monoisotopic (exact) mass is 348 g/mol. The fourth-order valence-electron chi connectivity index (χ4n) is 2.30. The average Bonchev–Trinajstić information content (AvgIpc) is 2.54. The Labute approximate surface area is 137 Å². The molecule has 0 spiro atoms. The van der Waals surface area contributed by atoms with Crippen LogP contribution in [0.4, 0.5) is 4.39 Å². The molecule has 8 heteroatoms. The van der Waals surface area contributed by atoms with E-state index in [2.05, 4.69) is 10.9 Å². The van der Waals surface area contributed by atoms with E-state index in [-0.39, 0.29) is 22.0 Å². The molecular weight excluding hydrogens is 335 g/mol. The largest absolute Gasteiger partial charge is 0.508 e. The maximum Gasteiger partial charge on any atom is 0.269 e. The second-order valence-electron chi connectivity index (χ2n) is 5.17. The summed E-state index contributed by atoms with van der Waals surface area (Å²) in [5, 5.41) is 9.21. The van der Waals surface area contributed by atoms with Gasteiger partial charge in [-0.2, -0.15) is 0 Å². The molecular formula is C16H13FN2O4S. The predicted octanol–water partition coefficient (Wildman–Crippen LogP) is 1.59. The summed E-state index contributed by atoms with van der Waals surface area (Å²) >= 11 is 0. The van der Waals surface area contributed by atoms with E-state index >= 15 is 0 Å². The van der Waals surface area contributed by atoms with Crippen molar-refractivity contribution in [2.45, 2.75) is 4.90 Å². The van der Waals surface area contributed by atoms with Gasteiger partial charge in [0.1, 0.15) is 11.6 Å². The van der Waals surface area contributed by atoms with Crippen LogP contribution in [-0.4, -0.2) is 25.2 Å². The van der Waals surface area contributed by atoms with Gasteiger partial charge in [-0.05, 0) is 48.5 Å². The van der Waals surface area contributed by atoms with Gasteiger partial charge < -0.3 is 5.11 Å². The smallest absolute Gasteiger partial charge is 0.269 e. The fourth-order valence-corrected chi connectivity index (χ4v) is 3.65. The molecule has 24 heavy (non-hydrogen) atoms. The minimum Gasteiger partial charge on any atom is -0.508 e. The van der Waals surface area contributed by atoms with E-state index in [1.807, 2.05) is 0 Å². The summed E-state index contributed by atoms with van der Waals surface area (Å²) in [5.74, 6) is -1.28. The summed E-state index contributed by atoms with van der Waals surface area (Å²) in [4.78, 5) is 12.0. The molecule has 2 aromatic carbocycles. The first kappa shape index (κ1) is 16.0. The molecule has 0 saturated carbocycles. The topological polar surface area (TPSA) is 95.5 Å². The molecule has 2 aromatic rings. The van der Waals surface area contributed by atoms with Crippen LogP contribution < -0.4 is 10.9 Å². The average molecular weight is 348 g/mol. The lowest BCUT2D eigenvalue weighted by atomic mass is 10.1. The van der Waals surface area contributed by atoms with Crippen molar-refractivity contribution in [1.82, 2.24) is 10.9 Å². The predicted molar refractivity (Wildman–Crippen MR) is 85.1 cm³/mol. The molecule has 1 amide bonds. The van der Waals surface area contributed by atoms with Crippen LogP contribution in [0.5, 0.6) is 5.75 Å². The van der Waals surface area contributed by atoms with E-state index < -0.39 is 21.6 Å². The molecule has 0 unspecified atom stereocenters. The summed E-state index contributed by atoms with van der Waals surface area (Å²) in [5.41, 5.74) is 5.80. The van der Waals surface area contributed by atoms with Gasteiger partial charge in [0.2, 0.25) is 0 Å². The minimum atomic E-state index is -3.51. The van der Waals surface area contributed by atoms with Gasteiger partial charge in [0, 0.05) is 11.1 Å². The maximum absolute atomic E-state index is 13.5. The van der Waals surface area contributed by atoms with Gasteiger partial charge in [-0.3, -0.25) is 15.6 Å². The quantitative estimate of drug-likeness (QED) is 0.578. The van der Waals surface area contributed by atoms with Gasteiger partial charge in [-0.25, -0.2) is 12.8 Å². The van der Waals surface area contributed by atoms with Crippen LogP contribution in [0.3, 0.4) is 0 Å². The number of phenolic OH excluding ortho intramolecular Hbond substituents is 1.